The Hall–Kier alpha value is -2.53. The van der Waals surface area contributed by atoms with Gasteiger partial charge in [0.1, 0.15) is 17.2 Å². The summed E-state index contributed by atoms with van der Waals surface area (Å²) in [6.07, 6.45) is -0.524. The van der Waals surface area contributed by atoms with Crippen LogP contribution in [0.15, 0.2) is 54.6 Å². The molecule has 126 valence electrons. The van der Waals surface area contributed by atoms with Crippen molar-refractivity contribution in [3.8, 4) is 17.2 Å². The highest BCUT2D eigenvalue weighted by atomic mass is 16.5. The first-order valence-corrected chi connectivity index (χ1v) is 8.08. The summed E-state index contributed by atoms with van der Waals surface area (Å²) in [5.41, 5.74) is 0. The quantitative estimate of drug-likeness (QED) is 0.847. The van der Waals surface area contributed by atoms with Gasteiger partial charge in [-0.3, -0.25) is 4.79 Å². The fourth-order valence-electron chi connectivity index (χ4n) is 2.51. The number of nitrogens with zero attached hydrogens (tertiary/aromatic N) is 1. The zero-order valence-corrected chi connectivity index (χ0v) is 13.7. The van der Waals surface area contributed by atoms with Crippen molar-refractivity contribution in [1.29, 1.82) is 0 Å². The van der Waals surface area contributed by atoms with Gasteiger partial charge in [-0.2, -0.15) is 0 Å². The third-order valence-corrected chi connectivity index (χ3v) is 3.79. The molecule has 0 aromatic heterocycles. The number of hydrogen-bond acceptors (Lipinski definition) is 4. The van der Waals surface area contributed by atoms with E-state index in [1.807, 2.05) is 42.5 Å². The monoisotopic (exact) mass is 327 g/mol. The van der Waals surface area contributed by atoms with Crippen LogP contribution in [0.4, 0.5) is 0 Å². The molecule has 0 aliphatic carbocycles. The van der Waals surface area contributed by atoms with E-state index in [4.69, 9.17) is 14.2 Å². The first-order chi connectivity index (χ1) is 11.7. The fourth-order valence-corrected chi connectivity index (χ4v) is 2.51. The molecular formula is C19H21NO4. The highest BCUT2D eigenvalue weighted by Crippen LogP contribution is 2.24. The van der Waals surface area contributed by atoms with Crippen molar-refractivity contribution in [2.45, 2.75) is 13.0 Å². The van der Waals surface area contributed by atoms with Crippen LogP contribution in [0.3, 0.4) is 0 Å². The van der Waals surface area contributed by atoms with Gasteiger partial charge in [0.25, 0.3) is 5.91 Å². The normalized spacial score (nSPS) is 15.6. The number of carbonyl (C=O) groups excluding carboxylic acids is 1. The molecule has 1 saturated heterocycles. The first kappa shape index (κ1) is 16.3. The van der Waals surface area contributed by atoms with E-state index in [-0.39, 0.29) is 5.91 Å². The van der Waals surface area contributed by atoms with E-state index in [1.165, 1.54) is 0 Å². The Kier molecular flexibility index (Phi) is 5.33. The molecule has 24 heavy (non-hydrogen) atoms. The second kappa shape index (κ2) is 7.84. The maximum Gasteiger partial charge on any atom is 0.263 e. The molecule has 2 aromatic carbocycles. The number of ether oxygens (including phenoxy) is 3. The number of para-hydroxylation sites is 1. The minimum atomic E-state index is -0.524. The number of rotatable bonds is 5. The van der Waals surface area contributed by atoms with Gasteiger partial charge in [-0.25, -0.2) is 0 Å². The number of morpholine rings is 1. The van der Waals surface area contributed by atoms with Crippen LogP contribution in [0.1, 0.15) is 6.92 Å². The molecule has 1 heterocycles. The van der Waals surface area contributed by atoms with Gasteiger partial charge in [0, 0.05) is 13.1 Å². The van der Waals surface area contributed by atoms with Crippen LogP contribution in [0.5, 0.6) is 17.2 Å². The molecule has 2 aromatic rings. The molecule has 0 N–H and O–H groups in total. The van der Waals surface area contributed by atoms with E-state index in [1.54, 1.807) is 24.0 Å². The fraction of sp³-hybridized carbons (Fsp3) is 0.316. The Bertz CT molecular complexity index is 651. The second-order valence-corrected chi connectivity index (χ2v) is 5.58. The van der Waals surface area contributed by atoms with Gasteiger partial charge in [-0.1, -0.05) is 18.2 Å². The largest absolute Gasteiger partial charge is 0.481 e. The lowest BCUT2D eigenvalue weighted by Crippen LogP contribution is -2.46. The average Bonchev–Trinajstić information content (AvgIpc) is 2.64. The lowest BCUT2D eigenvalue weighted by atomic mass is 10.3. The summed E-state index contributed by atoms with van der Waals surface area (Å²) in [5, 5.41) is 0. The molecule has 5 heteroatoms. The molecule has 1 unspecified atom stereocenters. The smallest absolute Gasteiger partial charge is 0.263 e. The van der Waals surface area contributed by atoms with Gasteiger partial charge < -0.3 is 19.1 Å². The molecule has 1 aliphatic rings. The summed E-state index contributed by atoms with van der Waals surface area (Å²) < 4.78 is 16.7. The maximum atomic E-state index is 12.3. The number of hydrogen-bond donors (Lipinski definition) is 0. The van der Waals surface area contributed by atoms with Crippen LogP contribution in [-0.4, -0.2) is 43.2 Å². The average molecular weight is 327 g/mol. The minimum absolute atomic E-state index is 0.0112. The van der Waals surface area contributed by atoms with Crippen molar-refractivity contribution in [3.63, 3.8) is 0 Å². The molecule has 1 fully saturated rings. The van der Waals surface area contributed by atoms with E-state index < -0.39 is 6.10 Å². The van der Waals surface area contributed by atoms with Crippen molar-refractivity contribution in [2.24, 2.45) is 0 Å². The third-order valence-electron chi connectivity index (χ3n) is 3.79. The Morgan fingerprint density at radius 1 is 0.958 bits per heavy atom. The predicted octanol–water partition coefficient (Wildman–Crippen LogP) is 3.11. The number of benzene rings is 2. The van der Waals surface area contributed by atoms with Gasteiger partial charge in [-0.15, -0.1) is 0 Å². The molecule has 1 atom stereocenters. The van der Waals surface area contributed by atoms with Crippen LogP contribution >= 0.6 is 0 Å². The molecule has 0 bridgehead atoms. The molecule has 3 rings (SSSR count). The summed E-state index contributed by atoms with van der Waals surface area (Å²) in [6.45, 7) is 4.19. The molecule has 0 saturated carbocycles. The SMILES string of the molecule is CC(Oc1ccc(Oc2ccccc2)cc1)C(=O)N1CCOCC1. The summed E-state index contributed by atoms with van der Waals surface area (Å²) >= 11 is 0. The van der Waals surface area contributed by atoms with Crippen LogP contribution < -0.4 is 9.47 Å². The number of carbonyl (C=O) groups is 1. The first-order valence-electron chi connectivity index (χ1n) is 8.08. The Labute approximate surface area is 141 Å². The summed E-state index contributed by atoms with van der Waals surface area (Å²) in [6, 6.07) is 16.8. The molecular weight excluding hydrogens is 306 g/mol. The Morgan fingerprint density at radius 2 is 1.54 bits per heavy atom. The van der Waals surface area contributed by atoms with Crippen molar-refractivity contribution in [2.75, 3.05) is 26.3 Å². The van der Waals surface area contributed by atoms with Crippen molar-refractivity contribution in [3.05, 3.63) is 54.6 Å². The highest BCUT2D eigenvalue weighted by Gasteiger charge is 2.23. The van der Waals surface area contributed by atoms with Crippen LogP contribution in [0.25, 0.3) is 0 Å². The third kappa shape index (κ3) is 4.26. The van der Waals surface area contributed by atoms with E-state index in [0.29, 0.717) is 32.1 Å². The van der Waals surface area contributed by atoms with Crippen molar-refractivity contribution in [1.82, 2.24) is 4.90 Å². The minimum Gasteiger partial charge on any atom is -0.481 e. The topological polar surface area (TPSA) is 48.0 Å². The lowest BCUT2D eigenvalue weighted by molar-refractivity contribution is -0.142. The van der Waals surface area contributed by atoms with E-state index in [2.05, 4.69) is 0 Å². The van der Waals surface area contributed by atoms with Crippen molar-refractivity contribution >= 4 is 5.91 Å². The Balaban J connectivity index is 1.56. The zero-order valence-electron chi connectivity index (χ0n) is 13.7. The lowest BCUT2D eigenvalue weighted by Gasteiger charge is -2.29. The maximum absolute atomic E-state index is 12.3. The second-order valence-electron chi connectivity index (χ2n) is 5.58. The zero-order chi connectivity index (χ0) is 16.8. The van der Waals surface area contributed by atoms with Crippen LogP contribution in [0.2, 0.25) is 0 Å². The summed E-state index contributed by atoms with van der Waals surface area (Å²) in [7, 11) is 0. The Morgan fingerprint density at radius 3 is 2.21 bits per heavy atom. The summed E-state index contributed by atoms with van der Waals surface area (Å²) in [4.78, 5) is 14.1. The summed E-state index contributed by atoms with van der Waals surface area (Å²) in [5.74, 6) is 2.13. The molecule has 5 nitrogen and oxygen atoms in total. The van der Waals surface area contributed by atoms with Gasteiger partial charge in [0.05, 0.1) is 13.2 Å². The highest BCUT2D eigenvalue weighted by molar-refractivity contribution is 5.81. The van der Waals surface area contributed by atoms with Crippen molar-refractivity contribution < 1.29 is 19.0 Å². The predicted molar refractivity (Wildman–Crippen MR) is 90.4 cm³/mol. The van der Waals surface area contributed by atoms with Gasteiger partial charge in [-0.05, 0) is 43.3 Å². The van der Waals surface area contributed by atoms with E-state index >= 15 is 0 Å². The van der Waals surface area contributed by atoms with E-state index in [9.17, 15) is 4.79 Å². The molecule has 0 spiro atoms. The molecule has 0 radical (unpaired) electrons. The van der Waals surface area contributed by atoms with Gasteiger partial charge in [0.15, 0.2) is 6.10 Å². The number of amides is 1. The van der Waals surface area contributed by atoms with Gasteiger partial charge in [0.2, 0.25) is 0 Å². The van der Waals surface area contributed by atoms with Gasteiger partial charge >= 0.3 is 0 Å². The van der Waals surface area contributed by atoms with E-state index in [0.717, 1.165) is 11.5 Å². The molecule has 1 aliphatic heterocycles. The van der Waals surface area contributed by atoms with Crippen LogP contribution in [-0.2, 0) is 9.53 Å². The van der Waals surface area contributed by atoms with Crippen LogP contribution in [0, 0.1) is 0 Å². The molecule has 1 amide bonds. The standard InChI is InChI=1S/C19H21NO4/c1-15(19(21)20-11-13-22-14-12-20)23-17-7-9-18(10-8-17)24-16-5-3-2-4-6-16/h2-10,15H,11-14H2,1H3.